The summed E-state index contributed by atoms with van der Waals surface area (Å²) in [6.07, 6.45) is 2.09. The summed E-state index contributed by atoms with van der Waals surface area (Å²) in [7, 11) is 1.36. The fourth-order valence-electron chi connectivity index (χ4n) is 4.62. The fourth-order valence-corrected chi connectivity index (χ4v) is 5.94. The van der Waals surface area contributed by atoms with Gasteiger partial charge in [0.05, 0.1) is 0 Å². The minimum atomic E-state index is -0.878. The number of esters is 1. The molecule has 0 bridgehead atoms. The number of ether oxygens (including phenoxy) is 2. The predicted molar refractivity (Wildman–Crippen MR) is 142 cm³/mol. The fraction of sp³-hybridized carbons (Fsp3) is 0.323. The number of benzene rings is 3. The Morgan fingerprint density at radius 1 is 0.946 bits per heavy atom. The summed E-state index contributed by atoms with van der Waals surface area (Å²) in [5, 5.41) is 0. The van der Waals surface area contributed by atoms with Crippen molar-refractivity contribution in [3.8, 4) is 16.5 Å². The van der Waals surface area contributed by atoms with Crippen LogP contribution in [0.15, 0.2) is 54.6 Å². The average molecular weight is 568 g/mol. The molecule has 1 aliphatic carbocycles. The average Bonchev–Trinajstić information content (AvgIpc) is 2.87. The van der Waals surface area contributed by atoms with Crippen molar-refractivity contribution in [1.29, 1.82) is 0 Å². The van der Waals surface area contributed by atoms with Gasteiger partial charge in [0.15, 0.2) is 0 Å². The van der Waals surface area contributed by atoms with E-state index in [-0.39, 0.29) is 38.4 Å². The first-order chi connectivity index (χ1) is 17.5. The van der Waals surface area contributed by atoms with Gasteiger partial charge in [-0.25, -0.2) is 0 Å². The molecule has 3 aromatic rings. The Bertz CT molecular complexity index is 1380. The van der Waals surface area contributed by atoms with E-state index in [0.717, 1.165) is 34.7 Å². The van der Waals surface area contributed by atoms with Crippen LogP contribution in [0.25, 0.3) is 0 Å². The Hall–Kier alpha value is -3.13. The van der Waals surface area contributed by atoms with E-state index in [1.165, 1.54) is 24.3 Å². The maximum absolute atomic E-state index is 13.8. The van der Waals surface area contributed by atoms with E-state index in [2.05, 4.69) is 50.6 Å². The van der Waals surface area contributed by atoms with Crippen LogP contribution in [0.3, 0.4) is 0 Å². The van der Waals surface area contributed by atoms with Crippen molar-refractivity contribution < 1.29 is 23.0 Å². The van der Waals surface area contributed by atoms with E-state index in [9.17, 15) is 13.6 Å². The molecule has 37 heavy (non-hydrogen) atoms. The molecule has 6 heteroatoms. The van der Waals surface area contributed by atoms with Gasteiger partial charge in [0.2, 0.25) is 0 Å². The topological polar surface area (TPSA) is 35.5 Å². The van der Waals surface area contributed by atoms with Gasteiger partial charge in [-0.3, -0.25) is 0 Å². The zero-order valence-corrected chi connectivity index (χ0v) is 23.4. The molecular formula is C31H30F2O3Se. The normalized spacial score (nSPS) is 15.2. The van der Waals surface area contributed by atoms with Gasteiger partial charge in [0.25, 0.3) is 0 Å². The second-order valence-electron chi connectivity index (χ2n) is 10.5. The van der Waals surface area contributed by atoms with E-state index in [1.807, 2.05) is 12.1 Å². The molecule has 0 spiro atoms. The van der Waals surface area contributed by atoms with E-state index in [0.29, 0.717) is 11.1 Å². The molecule has 0 aromatic heterocycles. The number of hydrogen-bond donors (Lipinski definition) is 0. The molecular weight excluding hydrogens is 537 g/mol. The molecule has 1 aliphatic rings. The van der Waals surface area contributed by atoms with Crippen molar-refractivity contribution in [2.75, 3.05) is 7.11 Å². The van der Waals surface area contributed by atoms with Crippen molar-refractivity contribution in [3.63, 3.8) is 0 Å². The molecule has 0 amide bonds. The van der Waals surface area contributed by atoms with E-state index >= 15 is 0 Å². The van der Waals surface area contributed by atoms with Crippen LogP contribution in [-0.4, -0.2) is 28.0 Å². The number of hydrogen-bond acceptors (Lipinski definition) is 3. The molecule has 0 saturated carbocycles. The minimum absolute atomic E-state index is 0.0197. The van der Waals surface area contributed by atoms with E-state index in [1.54, 1.807) is 18.2 Å². The zero-order valence-electron chi connectivity index (χ0n) is 21.7. The molecule has 0 saturated heterocycles. The van der Waals surface area contributed by atoms with E-state index < -0.39 is 11.6 Å². The van der Waals surface area contributed by atoms with Gasteiger partial charge in [-0.05, 0) is 0 Å². The second kappa shape index (κ2) is 10.7. The number of fused-ring (bicyclic) bond motifs is 1. The van der Waals surface area contributed by atoms with Crippen LogP contribution in [0.4, 0.5) is 8.78 Å². The number of methoxy groups -OCH3 is 1. The van der Waals surface area contributed by atoms with Crippen molar-refractivity contribution in [2.45, 2.75) is 58.0 Å². The summed E-state index contributed by atoms with van der Waals surface area (Å²) in [5.74, 6) is 1.85. The van der Waals surface area contributed by atoms with Crippen LogP contribution in [0.1, 0.15) is 73.1 Å². The number of halogens is 2. The maximum atomic E-state index is 13.8. The van der Waals surface area contributed by atoms with Crippen LogP contribution in [0.5, 0.6) is 5.75 Å². The van der Waals surface area contributed by atoms with Crippen molar-refractivity contribution in [3.05, 3.63) is 94.0 Å². The molecule has 0 radical (unpaired) electrons. The second-order valence-corrected chi connectivity index (χ2v) is 12.4. The SMILES string of the molecule is COC(=O)c1ccc(C#C[Se]c2cc(OCc3ccc(F)c(F)c3)c3c(c2)C(C)(C)CCC3(C)C)cc1. The van der Waals surface area contributed by atoms with Gasteiger partial charge < -0.3 is 0 Å². The first-order valence-electron chi connectivity index (χ1n) is 12.1. The zero-order chi connectivity index (χ0) is 26.8. The molecule has 4 rings (SSSR count). The summed E-state index contributed by atoms with van der Waals surface area (Å²) < 4.78 is 39.3. The van der Waals surface area contributed by atoms with Crippen LogP contribution in [0.2, 0.25) is 0 Å². The van der Waals surface area contributed by atoms with Gasteiger partial charge in [-0.1, -0.05) is 0 Å². The molecule has 0 heterocycles. The Labute approximate surface area is 223 Å². The van der Waals surface area contributed by atoms with Gasteiger partial charge in [-0.2, -0.15) is 0 Å². The van der Waals surface area contributed by atoms with Gasteiger partial charge in [0, 0.05) is 0 Å². The number of carbonyl (C=O) groups excluding carboxylic acids is 1. The molecule has 0 unspecified atom stereocenters. The quantitative estimate of drug-likeness (QED) is 0.215. The monoisotopic (exact) mass is 568 g/mol. The summed E-state index contributed by atoms with van der Waals surface area (Å²) in [4.78, 5) is 14.9. The Morgan fingerprint density at radius 3 is 2.32 bits per heavy atom. The van der Waals surface area contributed by atoms with Crippen LogP contribution in [-0.2, 0) is 22.2 Å². The van der Waals surface area contributed by atoms with Crippen LogP contribution in [0, 0.1) is 22.4 Å². The Kier molecular flexibility index (Phi) is 7.78. The summed E-state index contributed by atoms with van der Waals surface area (Å²) in [6.45, 7) is 9.12. The number of carbonyl (C=O) groups is 1. The third kappa shape index (κ3) is 6.06. The van der Waals surface area contributed by atoms with Gasteiger partial charge >= 0.3 is 224 Å². The first kappa shape index (κ1) is 26.9. The molecule has 0 fully saturated rings. The molecule has 3 aromatic carbocycles. The molecule has 0 aliphatic heterocycles. The third-order valence-electron chi connectivity index (χ3n) is 6.91. The standard InChI is InChI=1S/C31H30F2O3Se/c1-30(2)13-14-31(3,4)28-24(30)17-23(18-27(28)36-19-21-8-11-25(32)26(33)16-21)37-15-12-20-6-9-22(10-7-20)29(34)35-5/h6-11,16-18H,13-14,19H2,1-5H3. The Balaban J connectivity index is 1.65. The first-order valence-corrected chi connectivity index (χ1v) is 13.8. The van der Waals surface area contributed by atoms with Gasteiger partial charge in [0.1, 0.15) is 0 Å². The molecule has 3 nitrogen and oxygen atoms in total. The van der Waals surface area contributed by atoms with Crippen LogP contribution >= 0.6 is 0 Å². The third-order valence-corrected chi connectivity index (χ3v) is 8.32. The summed E-state index contributed by atoms with van der Waals surface area (Å²) in [6, 6.07) is 15.2. The van der Waals surface area contributed by atoms with Crippen molar-refractivity contribution in [1.82, 2.24) is 0 Å². The summed E-state index contributed by atoms with van der Waals surface area (Å²) in [5.41, 5.74) is 4.22. The van der Waals surface area contributed by atoms with Crippen molar-refractivity contribution >= 4 is 25.4 Å². The Morgan fingerprint density at radius 2 is 1.65 bits per heavy atom. The number of rotatable bonds is 5. The summed E-state index contributed by atoms with van der Waals surface area (Å²) >= 11 is -0.145. The van der Waals surface area contributed by atoms with Gasteiger partial charge in [-0.15, -0.1) is 0 Å². The predicted octanol–water partition coefficient (Wildman–Crippen LogP) is 6.02. The van der Waals surface area contributed by atoms with Crippen LogP contribution < -0.4 is 9.20 Å². The van der Waals surface area contributed by atoms with E-state index in [4.69, 9.17) is 9.47 Å². The molecule has 192 valence electrons. The van der Waals surface area contributed by atoms with Crippen molar-refractivity contribution in [2.24, 2.45) is 0 Å². The molecule has 0 atom stereocenters. The molecule has 0 N–H and O–H groups in total.